The third kappa shape index (κ3) is 12.1. The molecule has 0 aliphatic rings. The maximum absolute atomic E-state index is 13.3. The maximum atomic E-state index is 13.3. The Morgan fingerprint density at radius 3 is 1.41 bits per heavy atom. The van der Waals surface area contributed by atoms with Crippen molar-refractivity contribution in [1.29, 1.82) is 0 Å². The van der Waals surface area contributed by atoms with Gasteiger partial charge in [-0.3, -0.25) is 29.0 Å². The van der Waals surface area contributed by atoms with Crippen molar-refractivity contribution in [3.05, 3.63) is 171 Å². The molecule has 2 N–H and O–H groups in total. The molecular weight excluding hydrogens is 910 g/mol. The number of halogens is 1. The molecular formula is C51H44ClN5O6S3. The second-order valence-corrected chi connectivity index (χ2v) is 18.1. The highest BCUT2D eigenvalue weighted by Gasteiger charge is 2.29. The molecule has 0 spiro atoms. The van der Waals surface area contributed by atoms with E-state index < -0.39 is 23.8 Å². The number of carboxylic acid groups (broad SMARTS) is 2. The van der Waals surface area contributed by atoms with E-state index in [-0.39, 0.29) is 24.7 Å². The Balaban J connectivity index is 0.000000197. The second kappa shape index (κ2) is 22.4. The number of anilines is 2. The molecule has 4 heterocycles. The number of thiophene rings is 1. The number of aliphatic carboxylic acids is 2. The van der Waals surface area contributed by atoms with E-state index in [2.05, 4.69) is 22.5 Å². The zero-order valence-corrected chi connectivity index (χ0v) is 39.1. The molecule has 15 heteroatoms. The Kier molecular flexibility index (Phi) is 16.0. The molecule has 0 aliphatic heterocycles. The topological polar surface area (TPSA) is 154 Å². The first kappa shape index (κ1) is 47.1. The fourth-order valence-electron chi connectivity index (χ4n) is 7.40. The summed E-state index contributed by atoms with van der Waals surface area (Å²) in [5.41, 5.74) is 9.36. The number of amides is 2. The number of rotatable bonds is 16. The van der Waals surface area contributed by atoms with Crippen LogP contribution in [-0.2, 0) is 32.0 Å². The van der Waals surface area contributed by atoms with Gasteiger partial charge in [-0.1, -0.05) is 121 Å². The molecule has 2 atom stereocenters. The summed E-state index contributed by atoms with van der Waals surface area (Å²) in [5.74, 6) is -3.87. The highest BCUT2D eigenvalue weighted by Crippen LogP contribution is 2.37. The summed E-state index contributed by atoms with van der Waals surface area (Å²) in [6.07, 6.45) is 1.96. The Bertz CT molecular complexity index is 2890. The molecule has 0 saturated carbocycles. The molecule has 8 rings (SSSR count). The summed E-state index contributed by atoms with van der Waals surface area (Å²) in [7, 11) is 3.30. The lowest BCUT2D eigenvalue weighted by Gasteiger charge is -2.21. The molecule has 334 valence electrons. The van der Waals surface area contributed by atoms with E-state index in [1.807, 2.05) is 125 Å². The number of carbonyl (C=O) groups excluding carboxylic acids is 2. The normalized spacial score (nSPS) is 11.7. The van der Waals surface area contributed by atoms with Gasteiger partial charge in [0.05, 0.1) is 36.1 Å². The predicted octanol–water partition coefficient (Wildman–Crippen LogP) is 11.7. The van der Waals surface area contributed by atoms with Gasteiger partial charge in [-0.25, -0.2) is 15.0 Å². The highest BCUT2D eigenvalue weighted by molar-refractivity contribution is 7.14. The summed E-state index contributed by atoms with van der Waals surface area (Å²) in [5, 5.41) is 28.2. The molecule has 0 unspecified atom stereocenters. The number of hydrogen-bond donors (Lipinski definition) is 2. The number of nitrogens with zero attached hydrogens (tertiary/aromatic N) is 5. The molecule has 0 aliphatic carbocycles. The lowest BCUT2D eigenvalue weighted by atomic mass is 9.95. The van der Waals surface area contributed by atoms with Crippen molar-refractivity contribution >= 4 is 79.6 Å². The monoisotopic (exact) mass is 953 g/mol. The number of benzene rings is 4. The maximum Gasteiger partial charge on any atom is 0.304 e. The standard InChI is InChI=1S/C26H22ClN3O3S.C25H22N2O3S2/c1-30(25(33)19(14-24(31)32)13-17-7-3-2-4-8-17)26-29-22(16-34-26)21-10-6-5-9-20(21)18-11-12-23(27)28-15-18;1-27(24(30)19(14-23(28)29)13-17-7-3-2-4-8-17)25-26-22(16-32-25)21-10-6-5-9-20(21)18-11-12-31-15-18/h2-12,15-16,19H,13-14H2,1H3,(H,31,32);2-12,15-16,19H,13-14H2,1H3,(H,28,29)/t2*19-/m11/s1. The van der Waals surface area contributed by atoms with Crippen LogP contribution >= 0.6 is 45.6 Å². The van der Waals surface area contributed by atoms with E-state index in [0.717, 1.165) is 55.9 Å². The molecule has 11 nitrogen and oxygen atoms in total. The molecule has 0 radical (unpaired) electrons. The smallest absolute Gasteiger partial charge is 0.304 e. The number of carbonyl (C=O) groups is 4. The summed E-state index contributed by atoms with van der Waals surface area (Å²) in [4.78, 5) is 65.9. The zero-order valence-electron chi connectivity index (χ0n) is 35.9. The Hall–Kier alpha value is -6.84. The molecule has 4 aromatic carbocycles. The number of carboxylic acids is 2. The molecule has 0 saturated heterocycles. The van der Waals surface area contributed by atoms with Crippen LogP contribution in [0, 0.1) is 11.8 Å². The van der Waals surface area contributed by atoms with Crippen LogP contribution < -0.4 is 9.80 Å². The molecule has 4 aromatic heterocycles. The van der Waals surface area contributed by atoms with Gasteiger partial charge in [0.1, 0.15) is 5.15 Å². The molecule has 8 aromatic rings. The van der Waals surface area contributed by atoms with E-state index in [9.17, 15) is 29.4 Å². The highest BCUT2D eigenvalue weighted by atomic mass is 35.5. The minimum absolute atomic E-state index is 0.225. The molecule has 2 amide bonds. The van der Waals surface area contributed by atoms with Gasteiger partial charge in [-0.05, 0) is 69.6 Å². The van der Waals surface area contributed by atoms with Gasteiger partial charge in [0.2, 0.25) is 11.8 Å². The van der Waals surface area contributed by atoms with E-state index in [4.69, 9.17) is 21.6 Å². The van der Waals surface area contributed by atoms with Crippen LogP contribution in [0.4, 0.5) is 10.3 Å². The van der Waals surface area contributed by atoms with Crippen LogP contribution in [0.5, 0.6) is 0 Å². The first-order chi connectivity index (χ1) is 31.9. The van der Waals surface area contributed by atoms with Crippen molar-refractivity contribution in [2.75, 3.05) is 23.9 Å². The first-order valence-corrected chi connectivity index (χ1v) is 23.8. The minimum atomic E-state index is -1.01. The van der Waals surface area contributed by atoms with Crippen LogP contribution in [-0.4, -0.2) is 63.0 Å². The Morgan fingerprint density at radius 2 is 1.00 bits per heavy atom. The van der Waals surface area contributed by atoms with Crippen molar-refractivity contribution in [2.24, 2.45) is 11.8 Å². The second-order valence-electron chi connectivity index (χ2n) is 15.3. The third-order valence-electron chi connectivity index (χ3n) is 10.7. The summed E-state index contributed by atoms with van der Waals surface area (Å²) in [6.45, 7) is 0. The van der Waals surface area contributed by atoms with Crippen molar-refractivity contribution in [2.45, 2.75) is 25.7 Å². The van der Waals surface area contributed by atoms with E-state index in [1.54, 1.807) is 37.7 Å². The van der Waals surface area contributed by atoms with Gasteiger partial charge in [0.25, 0.3) is 0 Å². The average Bonchev–Trinajstić information content (AvgIpc) is 4.15. The lowest BCUT2D eigenvalue weighted by Crippen LogP contribution is -2.35. The Labute approximate surface area is 399 Å². The third-order valence-corrected chi connectivity index (χ3v) is 13.4. The average molecular weight is 955 g/mol. The predicted molar refractivity (Wildman–Crippen MR) is 265 cm³/mol. The van der Waals surface area contributed by atoms with Crippen molar-refractivity contribution < 1.29 is 29.4 Å². The van der Waals surface area contributed by atoms with Gasteiger partial charge in [0, 0.05) is 47.7 Å². The SMILES string of the molecule is CN(C(=O)[C@@H](CC(=O)O)Cc1ccccc1)c1nc(-c2ccccc2-c2ccc(Cl)nc2)cs1.CN(C(=O)[C@@H](CC(=O)O)Cc1ccccc1)c1nc(-c2ccccc2-c2ccsc2)cs1. The van der Waals surface area contributed by atoms with Gasteiger partial charge in [-0.2, -0.15) is 11.3 Å². The fourth-order valence-corrected chi connectivity index (χ4v) is 9.76. The molecule has 0 bridgehead atoms. The van der Waals surface area contributed by atoms with Gasteiger partial charge in [-0.15, -0.1) is 22.7 Å². The number of thiazole rings is 2. The number of aromatic nitrogens is 3. The van der Waals surface area contributed by atoms with E-state index in [1.165, 1.54) is 32.5 Å². The molecule has 66 heavy (non-hydrogen) atoms. The van der Waals surface area contributed by atoms with Gasteiger partial charge >= 0.3 is 11.9 Å². The summed E-state index contributed by atoms with van der Waals surface area (Å²) >= 11 is 10.3. The zero-order chi connectivity index (χ0) is 46.6. The van der Waals surface area contributed by atoms with Crippen molar-refractivity contribution in [3.63, 3.8) is 0 Å². The number of hydrogen-bond acceptors (Lipinski definition) is 10. The van der Waals surface area contributed by atoms with Crippen LogP contribution in [0.25, 0.3) is 44.8 Å². The minimum Gasteiger partial charge on any atom is -0.481 e. The van der Waals surface area contributed by atoms with Crippen LogP contribution in [0.15, 0.2) is 155 Å². The molecule has 0 fully saturated rings. The van der Waals surface area contributed by atoms with E-state index >= 15 is 0 Å². The first-order valence-electron chi connectivity index (χ1n) is 20.8. The van der Waals surface area contributed by atoms with Crippen LogP contribution in [0.2, 0.25) is 5.15 Å². The van der Waals surface area contributed by atoms with Gasteiger partial charge < -0.3 is 10.2 Å². The lowest BCUT2D eigenvalue weighted by molar-refractivity contribution is -0.141. The quantitative estimate of drug-likeness (QED) is 0.0901. The van der Waals surface area contributed by atoms with Crippen LogP contribution in [0.1, 0.15) is 24.0 Å². The van der Waals surface area contributed by atoms with Crippen molar-refractivity contribution in [1.82, 2.24) is 15.0 Å². The van der Waals surface area contributed by atoms with Crippen LogP contribution in [0.3, 0.4) is 0 Å². The summed E-state index contributed by atoms with van der Waals surface area (Å²) in [6, 6.07) is 40.5. The van der Waals surface area contributed by atoms with Gasteiger partial charge in [0.15, 0.2) is 10.3 Å². The van der Waals surface area contributed by atoms with E-state index in [0.29, 0.717) is 28.3 Å². The summed E-state index contributed by atoms with van der Waals surface area (Å²) < 4.78 is 0. The fraction of sp³-hybridized carbons (Fsp3) is 0.157. The number of pyridine rings is 1. The Morgan fingerprint density at radius 1 is 0.561 bits per heavy atom. The van der Waals surface area contributed by atoms with Crippen molar-refractivity contribution in [3.8, 4) is 44.8 Å². The largest absolute Gasteiger partial charge is 0.481 e.